The number of aliphatic hydroxyl groups excluding tert-OH is 1. The Morgan fingerprint density at radius 2 is 2.33 bits per heavy atom. The number of fused-ring (bicyclic) bond motifs is 1. The van der Waals surface area contributed by atoms with Gasteiger partial charge in [0, 0.05) is 12.2 Å². The molecule has 0 spiro atoms. The van der Waals surface area contributed by atoms with Crippen molar-refractivity contribution in [1.29, 1.82) is 0 Å². The van der Waals surface area contributed by atoms with Crippen molar-refractivity contribution in [1.82, 2.24) is 4.98 Å². The highest BCUT2D eigenvalue weighted by atomic mass is 16.4. The molecule has 1 aliphatic rings. The number of aliphatic hydroxyl groups is 1. The van der Waals surface area contributed by atoms with Crippen LogP contribution in [0.15, 0.2) is 22.6 Å². The second-order valence-electron chi connectivity index (χ2n) is 4.75. The molecule has 18 heavy (non-hydrogen) atoms. The molecule has 1 aliphatic heterocycles. The molecule has 2 aromatic rings. The van der Waals surface area contributed by atoms with E-state index in [0.29, 0.717) is 11.7 Å². The summed E-state index contributed by atoms with van der Waals surface area (Å²) < 4.78 is 5.74. The van der Waals surface area contributed by atoms with Crippen LogP contribution < -0.4 is 10.6 Å². The maximum atomic E-state index is 9.41. The van der Waals surface area contributed by atoms with Gasteiger partial charge in [0.1, 0.15) is 5.52 Å². The van der Waals surface area contributed by atoms with Crippen LogP contribution in [-0.2, 0) is 0 Å². The topological polar surface area (TPSA) is 75.5 Å². The highest BCUT2D eigenvalue weighted by Gasteiger charge is 2.25. The first-order valence-corrected chi connectivity index (χ1v) is 6.31. The van der Waals surface area contributed by atoms with Crippen molar-refractivity contribution in [2.75, 3.05) is 23.8 Å². The summed E-state index contributed by atoms with van der Waals surface area (Å²) in [5, 5.41) is 9.41. The molecule has 1 aromatic heterocycles. The summed E-state index contributed by atoms with van der Waals surface area (Å²) in [6.07, 6.45) is 3.24. The number of anilines is 2. The van der Waals surface area contributed by atoms with Gasteiger partial charge in [-0.05, 0) is 37.5 Å². The van der Waals surface area contributed by atoms with Gasteiger partial charge in [-0.3, -0.25) is 0 Å². The third-order valence-corrected chi connectivity index (χ3v) is 3.48. The van der Waals surface area contributed by atoms with Gasteiger partial charge in [0.25, 0.3) is 6.01 Å². The average Bonchev–Trinajstić information content (AvgIpc) is 2.81. The zero-order valence-corrected chi connectivity index (χ0v) is 10.2. The van der Waals surface area contributed by atoms with Gasteiger partial charge in [-0.2, -0.15) is 4.98 Å². The van der Waals surface area contributed by atoms with Crippen LogP contribution in [0.1, 0.15) is 19.3 Å². The number of piperidine rings is 1. The zero-order chi connectivity index (χ0) is 12.5. The number of hydrogen-bond donors (Lipinski definition) is 2. The van der Waals surface area contributed by atoms with Crippen LogP contribution in [-0.4, -0.2) is 29.3 Å². The molecule has 1 fully saturated rings. The molecular weight excluding hydrogens is 230 g/mol. The molecule has 5 nitrogen and oxygen atoms in total. The Morgan fingerprint density at radius 1 is 1.44 bits per heavy atom. The van der Waals surface area contributed by atoms with Gasteiger partial charge in [-0.25, -0.2) is 0 Å². The van der Waals surface area contributed by atoms with E-state index in [1.54, 1.807) is 12.1 Å². The number of benzene rings is 1. The van der Waals surface area contributed by atoms with Crippen molar-refractivity contribution in [3.8, 4) is 0 Å². The van der Waals surface area contributed by atoms with Gasteiger partial charge in [-0.1, -0.05) is 0 Å². The lowest BCUT2D eigenvalue weighted by Crippen LogP contribution is -2.42. The molecule has 0 radical (unpaired) electrons. The van der Waals surface area contributed by atoms with E-state index in [1.165, 1.54) is 0 Å². The van der Waals surface area contributed by atoms with Crippen molar-refractivity contribution in [2.24, 2.45) is 0 Å². The number of nitrogens with zero attached hydrogens (tertiary/aromatic N) is 2. The summed E-state index contributed by atoms with van der Waals surface area (Å²) in [6, 6.07) is 6.15. The molecule has 0 amide bonds. The minimum atomic E-state index is 0.115. The molecule has 0 bridgehead atoms. The third-order valence-electron chi connectivity index (χ3n) is 3.48. The second-order valence-corrected chi connectivity index (χ2v) is 4.75. The first kappa shape index (κ1) is 11.3. The molecule has 0 saturated carbocycles. The molecule has 96 valence electrons. The Balaban J connectivity index is 1.97. The second kappa shape index (κ2) is 4.49. The van der Waals surface area contributed by atoms with Crippen molar-refractivity contribution >= 4 is 22.8 Å². The molecular formula is C13H17N3O2. The molecule has 1 saturated heterocycles. The van der Waals surface area contributed by atoms with E-state index < -0.39 is 0 Å². The Hall–Kier alpha value is -1.75. The summed E-state index contributed by atoms with van der Waals surface area (Å²) >= 11 is 0. The van der Waals surface area contributed by atoms with Gasteiger partial charge in [0.15, 0.2) is 5.58 Å². The Bertz CT molecular complexity index is 552. The Labute approximate surface area is 105 Å². The summed E-state index contributed by atoms with van der Waals surface area (Å²) in [5.41, 5.74) is 7.92. The average molecular weight is 247 g/mol. The van der Waals surface area contributed by atoms with E-state index >= 15 is 0 Å². The van der Waals surface area contributed by atoms with Crippen LogP contribution >= 0.6 is 0 Å². The number of nitrogens with two attached hydrogens (primary N) is 1. The van der Waals surface area contributed by atoms with Crippen LogP contribution in [0.25, 0.3) is 11.1 Å². The molecule has 3 N–H and O–H groups in total. The van der Waals surface area contributed by atoms with Crippen LogP contribution in [0.4, 0.5) is 11.7 Å². The maximum Gasteiger partial charge on any atom is 0.298 e. The van der Waals surface area contributed by atoms with Crippen molar-refractivity contribution in [3.05, 3.63) is 18.2 Å². The highest BCUT2D eigenvalue weighted by molar-refractivity contribution is 5.78. The fourth-order valence-corrected chi connectivity index (χ4v) is 2.50. The Morgan fingerprint density at radius 3 is 3.17 bits per heavy atom. The number of rotatable bonds is 2. The van der Waals surface area contributed by atoms with Gasteiger partial charge in [-0.15, -0.1) is 0 Å². The first-order chi connectivity index (χ1) is 8.78. The van der Waals surface area contributed by atoms with E-state index in [0.717, 1.165) is 36.9 Å². The predicted molar refractivity (Wildman–Crippen MR) is 70.5 cm³/mol. The number of hydrogen-bond acceptors (Lipinski definition) is 5. The molecule has 1 unspecified atom stereocenters. The van der Waals surface area contributed by atoms with Crippen molar-refractivity contribution in [2.45, 2.75) is 25.3 Å². The number of nitrogen functional groups attached to an aromatic ring is 1. The highest BCUT2D eigenvalue weighted by Crippen LogP contribution is 2.28. The lowest BCUT2D eigenvalue weighted by Gasteiger charge is -2.33. The van der Waals surface area contributed by atoms with E-state index in [4.69, 9.17) is 10.2 Å². The van der Waals surface area contributed by atoms with Crippen molar-refractivity contribution in [3.63, 3.8) is 0 Å². The van der Waals surface area contributed by atoms with Gasteiger partial charge >= 0.3 is 0 Å². The molecule has 5 heteroatoms. The number of aromatic nitrogens is 1. The van der Waals surface area contributed by atoms with Crippen LogP contribution in [0.2, 0.25) is 0 Å². The standard InChI is InChI=1S/C13H17N3O2/c14-9-4-5-12-11(7-9)15-13(18-12)16-6-2-1-3-10(16)8-17/h4-5,7,10,17H,1-3,6,8,14H2. The smallest absolute Gasteiger partial charge is 0.298 e. The van der Waals surface area contributed by atoms with Gasteiger partial charge in [0.05, 0.1) is 12.6 Å². The monoisotopic (exact) mass is 247 g/mol. The lowest BCUT2D eigenvalue weighted by molar-refractivity contribution is 0.235. The van der Waals surface area contributed by atoms with Crippen LogP contribution in [0.3, 0.4) is 0 Å². The third kappa shape index (κ3) is 1.90. The summed E-state index contributed by atoms with van der Waals surface area (Å²) in [4.78, 5) is 6.52. The predicted octanol–water partition coefficient (Wildman–Crippen LogP) is 1.76. The van der Waals surface area contributed by atoms with Gasteiger partial charge in [0.2, 0.25) is 0 Å². The van der Waals surface area contributed by atoms with Gasteiger partial charge < -0.3 is 20.2 Å². The fraction of sp³-hybridized carbons (Fsp3) is 0.462. The van der Waals surface area contributed by atoms with Crippen molar-refractivity contribution < 1.29 is 9.52 Å². The normalized spacial score (nSPS) is 20.5. The van der Waals surface area contributed by atoms with E-state index in [2.05, 4.69) is 9.88 Å². The summed E-state index contributed by atoms with van der Waals surface area (Å²) in [5.74, 6) is 0. The SMILES string of the molecule is Nc1ccc2oc(N3CCCCC3CO)nc2c1. The largest absolute Gasteiger partial charge is 0.423 e. The van der Waals surface area contributed by atoms with E-state index in [9.17, 15) is 5.11 Å². The zero-order valence-electron chi connectivity index (χ0n) is 10.2. The summed E-state index contributed by atoms with van der Waals surface area (Å²) in [7, 11) is 0. The molecule has 1 atom stereocenters. The molecule has 0 aliphatic carbocycles. The lowest BCUT2D eigenvalue weighted by atomic mass is 10.0. The minimum absolute atomic E-state index is 0.115. The summed E-state index contributed by atoms with van der Waals surface area (Å²) in [6.45, 7) is 1.02. The quantitative estimate of drug-likeness (QED) is 0.791. The van der Waals surface area contributed by atoms with E-state index in [-0.39, 0.29) is 12.6 Å². The molecule has 3 rings (SSSR count). The number of oxazole rings is 1. The van der Waals surface area contributed by atoms with E-state index in [1.807, 2.05) is 6.07 Å². The van der Waals surface area contributed by atoms with Crippen LogP contribution in [0.5, 0.6) is 0 Å². The minimum Gasteiger partial charge on any atom is -0.423 e. The first-order valence-electron chi connectivity index (χ1n) is 6.31. The Kier molecular flexibility index (Phi) is 2.83. The van der Waals surface area contributed by atoms with Crippen LogP contribution in [0, 0.1) is 0 Å². The fourth-order valence-electron chi connectivity index (χ4n) is 2.50. The molecule has 2 heterocycles. The molecule has 1 aromatic carbocycles. The maximum absolute atomic E-state index is 9.41.